The van der Waals surface area contributed by atoms with Gasteiger partial charge in [-0.3, -0.25) is 14.3 Å². The second-order valence-corrected chi connectivity index (χ2v) is 6.07. The van der Waals surface area contributed by atoms with E-state index in [2.05, 4.69) is 10.4 Å². The largest absolute Gasteiger partial charge is 0.368 e. The molecule has 1 atom stereocenters. The summed E-state index contributed by atoms with van der Waals surface area (Å²) < 4.78 is 1.54. The Bertz CT molecular complexity index is 756. The number of carbonyl (C=O) groups is 2. The van der Waals surface area contributed by atoms with Gasteiger partial charge in [0, 0.05) is 16.8 Å². The highest BCUT2D eigenvalue weighted by atomic mass is 35.5. The van der Waals surface area contributed by atoms with Gasteiger partial charge in [0.15, 0.2) is 0 Å². The van der Waals surface area contributed by atoms with Crippen LogP contribution < -0.4 is 11.1 Å². The van der Waals surface area contributed by atoms with Crippen LogP contribution in [0.4, 0.5) is 0 Å². The molecule has 0 aliphatic heterocycles. The minimum atomic E-state index is -0.440. The van der Waals surface area contributed by atoms with E-state index in [0.717, 1.165) is 30.5 Å². The molecule has 0 fully saturated rings. The van der Waals surface area contributed by atoms with Gasteiger partial charge >= 0.3 is 0 Å². The number of carbonyl (C=O) groups excluding carboxylic acids is 2. The molecule has 0 saturated carbocycles. The molecule has 0 bridgehead atoms. The summed E-state index contributed by atoms with van der Waals surface area (Å²) in [5, 5.41) is 7.93. The number of nitrogens with two attached hydrogens (primary N) is 1. The van der Waals surface area contributed by atoms with E-state index in [1.165, 1.54) is 4.68 Å². The fourth-order valence-corrected chi connectivity index (χ4v) is 3.04. The third-order valence-corrected chi connectivity index (χ3v) is 4.08. The van der Waals surface area contributed by atoms with Gasteiger partial charge in [-0.25, -0.2) is 0 Å². The van der Waals surface area contributed by atoms with Gasteiger partial charge in [-0.15, -0.1) is 0 Å². The van der Waals surface area contributed by atoms with E-state index in [1.807, 2.05) is 6.20 Å². The number of amides is 2. The van der Waals surface area contributed by atoms with Crippen LogP contribution in [-0.4, -0.2) is 21.6 Å². The molecule has 0 saturated heterocycles. The number of aryl methyl sites for hydroxylation is 1. The SMILES string of the molecule is NC(=O)Cn1cc2c(n1)C(NC(=O)c1cccc(Cl)c1)CCC2. The Kier molecular flexibility index (Phi) is 4.34. The van der Waals surface area contributed by atoms with Gasteiger partial charge in [-0.1, -0.05) is 17.7 Å². The fraction of sp³-hybridized carbons (Fsp3) is 0.312. The molecular weight excluding hydrogens is 316 g/mol. The molecular formula is C16H17ClN4O2. The number of fused-ring (bicyclic) bond motifs is 1. The van der Waals surface area contributed by atoms with Gasteiger partial charge in [0.25, 0.3) is 5.91 Å². The van der Waals surface area contributed by atoms with E-state index in [1.54, 1.807) is 24.3 Å². The number of nitrogens with one attached hydrogen (secondary N) is 1. The molecule has 2 amide bonds. The van der Waals surface area contributed by atoms with Crippen molar-refractivity contribution in [1.82, 2.24) is 15.1 Å². The molecule has 23 heavy (non-hydrogen) atoms. The molecule has 0 radical (unpaired) electrons. The number of nitrogens with zero attached hydrogens (tertiary/aromatic N) is 2. The number of halogens is 1. The summed E-state index contributed by atoms with van der Waals surface area (Å²) in [5.74, 6) is -0.626. The van der Waals surface area contributed by atoms with Crippen LogP contribution in [0, 0.1) is 0 Å². The Labute approximate surface area is 138 Å². The van der Waals surface area contributed by atoms with Crippen LogP contribution in [0.5, 0.6) is 0 Å². The summed E-state index contributed by atoms with van der Waals surface area (Å²) >= 11 is 5.93. The maximum absolute atomic E-state index is 12.4. The monoisotopic (exact) mass is 332 g/mol. The molecule has 1 aromatic heterocycles. The highest BCUT2D eigenvalue weighted by Gasteiger charge is 2.26. The molecule has 1 aromatic carbocycles. The molecule has 1 aliphatic carbocycles. The van der Waals surface area contributed by atoms with Crippen molar-refractivity contribution in [3.8, 4) is 0 Å². The van der Waals surface area contributed by atoms with Crippen LogP contribution in [0.1, 0.15) is 40.5 Å². The first-order valence-electron chi connectivity index (χ1n) is 7.44. The summed E-state index contributed by atoms with van der Waals surface area (Å²) in [6.45, 7) is 0.0436. The molecule has 120 valence electrons. The first-order chi connectivity index (χ1) is 11.0. The zero-order chi connectivity index (χ0) is 16.4. The summed E-state index contributed by atoms with van der Waals surface area (Å²) in [6.07, 6.45) is 4.48. The van der Waals surface area contributed by atoms with Crippen molar-refractivity contribution in [3.63, 3.8) is 0 Å². The van der Waals surface area contributed by atoms with E-state index in [4.69, 9.17) is 17.3 Å². The average Bonchev–Trinajstić information content (AvgIpc) is 2.89. The van der Waals surface area contributed by atoms with Gasteiger partial charge in [0.1, 0.15) is 6.54 Å². The highest BCUT2D eigenvalue weighted by Crippen LogP contribution is 2.28. The van der Waals surface area contributed by atoms with Crippen molar-refractivity contribution in [3.05, 3.63) is 52.3 Å². The second-order valence-electron chi connectivity index (χ2n) is 5.63. The van der Waals surface area contributed by atoms with Gasteiger partial charge < -0.3 is 11.1 Å². The molecule has 0 spiro atoms. The van der Waals surface area contributed by atoms with Crippen molar-refractivity contribution in [2.75, 3.05) is 0 Å². The van der Waals surface area contributed by atoms with Gasteiger partial charge in [-0.05, 0) is 43.0 Å². The molecule has 2 aromatic rings. The molecule has 1 aliphatic rings. The number of hydrogen-bond acceptors (Lipinski definition) is 3. The van der Waals surface area contributed by atoms with E-state index in [-0.39, 0.29) is 18.5 Å². The standard InChI is InChI=1S/C16H17ClN4O2/c17-12-5-1-3-10(7-12)16(23)19-13-6-2-4-11-8-21(9-14(18)22)20-15(11)13/h1,3,5,7-8,13H,2,4,6,9H2,(H2,18,22)(H,19,23). The third kappa shape index (κ3) is 3.53. The van der Waals surface area contributed by atoms with Crippen molar-refractivity contribution in [2.24, 2.45) is 5.73 Å². The first kappa shape index (κ1) is 15.6. The molecule has 3 N–H and O–H groups in total. The van der Waals surface area contributed by atoms with E-state index >= 15 is 0 Å². The zero-order valence-electron chi connectivity index (χ0n) is 12.5. The van der Waals surface area contributed by atoms with Crippen LogP contribution >= 0.6 is 11.6 Å². The molecule has 6 nitrogen and oxygen atoms in total. The van der Waals surface area contributed by atoms with E-state index in [9.17, 15) is 9.59 Å². The quantitative estimate of drug-likeness (QED) is 0.895. The number of primary amides is 1. The Morgan fingerprint density at radius 3 is 3.00 bits per heavy atom. The van der Waals surface area contributed by atoms with Crippen molar-refractivity contribution in [2.45, 2.75) is 31.8 Å². The lowest BCUT2D eigenvalue weighted by atomic mass is 9.93. The predicted molar refractivity (Wildman–Crippen MR) is 86.0 cm³/mol. The van der Waals surface area contributed by atoms with Gasteiger partial charge in [0.05, 0.1) is 11.7 Å². The van der Waals surface area contributed by atoms with Crippen LogP contribution in [0.2, 0.25) is 5.02 Å². The fourth-order valence-electron chi connectivity index (χ4n) is 2.85. The predicted octanol–water partition coefficient (Wildman–Crippen LogP) is 1.83. The lowest BCUT2D eigenvalue weighted by Crippen LogP contribution is -2.31. The lowest BCUT2D eigenvalue weighted by molar-refractivity contribution is -0.118. The third-order valence-electron chi connectivity index (χ3n) is 3.85. The average molecular weight is 333 g/mol. The van der Waals surface area contributed by atoms with Crippen molar-refractivity contribution < 1.29 is 9.59 Å². The molecule has 1 heterocycles. The van der Waals surface area contributed by atoms with Crippen LogP contribution in [0.15, 0.2) is 30.5 Å². The maximum Gasteiger partial charge on any atom is 0.251 e. The minimum absolute atomic E-state index is 0.0436. The van der Waals surface area contributed by atoms with Crippen molar-refractivity contribution >= 4 is 23.4 Å². The van der Waals surface area contributed by atoms with Crippen LogP contribution in [0.3, 0.4) is 0 Å². The van der Waals surface area contributed by atoms with Gasteiger partial charge in [-0.2, -0.15) is 5.10 Å². The Morgan fingerprint density at radius 1 is 1.43 bits per heavy atom. The zero-order valence-corrected chi connectivity index (χ0v) is 13.2. The summed E-state index contributed by atoms with van der Waals surface area (Å²) in [6, 6.07) is 6.65. The number of benzene rings is 1. The minimum Gasteiger partial charge on any atom is -0.368 e. The first-order valence-corrected chi connectivity index (χ1v) is 7.81. The van der Waals surface area contributed by atoms with E-state index in [0.29, 0.717) is 10.6 Å². The summed E-state index contributed by atoms with van der Waals surface area (Å²) in [5.41, 5.74) is 7.58. The maximum atomic E-state index is 12.4. The number of rotatable bonds is 4. The Hall–Kier alpha value is -2.34. The lowest BCUT2D eigenvalue weighted by Gasteiger charge is -2.22. The van der Waals surface area contributed by atoms with E-state index < -0.39 is 5.91 Å². The highest BCUT2D eigenvalue weighted by molar-refractivity contribution is 6.30. The number of hydrogen-bond donors (Lipinski definition) is 2. The van der Waals surface area contributed by atoms with Crippen LogP contribution in [0.25, 0.3) is 0 Å². The Balaban J connectivity index is 1.78. The molecule has 1 unspecified atom stereocenters. The second kappa shape index (κ2) is 6.42. The smallest absolute Gasteiger partial charge is 0.251 e. The number of aromatic nitrogens is 2. The van der Waals surface area contributed by atoms with Crippen LogP contribution in [-0.2, 0) is 17.8 Å². The topological polar surface area (TPSA) is 90.0 Å². The summed E-state index contributed by atoms with van der Waals surface area (Å²) in [4.78, 5) is 23.4. The molecule has 7 heteroatoms. The normalized spacial score (nSPS) is 16.7. The van der Waals surface area contributed by atoms with Crippen molar-refractivity contribution in [1.29, 1.82) is 0 Å². The summed E-state index contributed by atoms with van der Waals surface area (Å²) in [7, 11) is 0. The molecule has 3 rings (SSSR count). The van der Waals surface area contributed by atoms with Gasteiger partial charge in [0.2, 0.25) is 5.91 Å². The Morgan fingerprint density at radius 2 is 2.26 bits per heavy atom.